The zero-order valence-electron chi connectivity index (χ0n) is 28.2. The Kier molecular flexibility index (Phi) is 12.2. The van der Waals surface area contributed by atoms with Crippen molar-refractivity contribution in [1.82, 2.24) is 10.2 Å². The summed E-state index contributed by atoms with van der Waals surface area (Å²) < 4.78 is 18.6. The van der Waals surface area contributed by atoms with Crippen LogP contribution in [0, 0.1) is 0 Å². The van der Waals surface area contributed by atoms with Crippen molar-refractivity contribution in [3.63, 3.8) is 0 Å². The Morgan fingerprint density at radius 1 is 0.760 bits per heavy atom. The van der Waals surface area contributed by atoms with Crippen LogP contribution in [0.15, 0.2) is 146 Å². The first kappa shape index (κ1) is 34.8. The third-order valence-corrected chi connectivity index (χ3v) is 8.76. The molecule has 0 aliphatic carbocycles. The summed E-state index contributed by atoms with van der Waals surface area (Å²) in [5, 5.41) is 12.4. The van der Waals surface area contributed by atoms with Crippen molar-refractivity contribution in [1.29, 1.82) is 0 Å². The van der Waals surface area contributed by atoms with E-state index in [1.807, 2.05) is 54.6 Å². The topological polar surface area (TPSA) is 80.3 Å². The number of ether oxygens (including phenoxy) is 3. The second kappa shape index (κ2) is 17.6. The fourth-order valence-corrected chi connectivity index (χ4v) is 6.27. The summed E-state index contributed by atoms with van der Waals surface area (Å²) in [7, 11) is 0. The van der Waals surface area contributed by atoms with Gasteiger partial charge in [-0.1, -0.05) is 134 Å². The van der Waals surface area contributed by atoms with Crippen LogP contribution in [0.3, 0.4) is 0 Å². The Labute approximate surface area is 294 Å². The number of aliphatic hydroxyl groups is 1. The average Bonchev–Trinajstić information content (AvgIpc) is 3.17. The van der Waals surface area contributed by atoms with E-state index in [2.05, 4.69) is 95.7 Å². The largest absolute Gasteiger partial charge is 0.445 e. The molecule has 7 nitrogen and oxygen atoms in total. The normalized spacial score (nSPS) is 17.3. The van der Waals surface area contributed by atoms with E-state index >= 15 is 0 Å². The molecular formula is C43H44N2O5. The molecule has 0 aromatic heterocycles. The number of amides is 1. The number of alkyl carbamates (subject to hydrolysis) is 1. The van der Waals surface area contributed by atoms with Crippen LogP contribution in [-0.4, -0.2) is 35.4 Å². The number of carbonyl (C=O) groups is 1. The molecule has 6 rings (SSSR count). The van der Waals surface area contributed by atoms with Crippen LogP contribution in [0.1, 0.15) is 52.2 Å². The lowest BCUT2D eigenvalue weighted by Crippen LogP contribution is -2.39. The molecule has 5 aromatic carbocycles. The van der Waals surface area contributed by atoms with Crippen molar-refractivity contribution in [2.45, 2.75) is 51.2 Å². The second-order valence-corrected chi connectivity index (χ2v) is 12.6. The van der Waals surface area contributed by atoms with E-state index < -0.39 is 12.4 Å². The second-order valence-electron chi connectivity index (χ2n) is 12.6. The molecule has 0 saturated carbocycles. The summed E-state index contributed by atoms with van der Waals surface area (Å²) in [6.07, 6.45) is 0.860. The summed E-state index contributed by atoms with van der Waals surface area (Å²) in [6, 6.07) is 45.5. The van der Waals surface area contributed by atoms with Gasteiger partial charge in [-0.3, -0.25) is 4.90 Å². The van der Waals surface area contributed by atoms with E-state index in [0.29, 0.717) is 13.0 Å². The summed E-state index contributed by atoms with van der Waals surface area (Å²) in [6.45, 7) is 6.40. The fraction of sp³-hybridized carbons (Fsp3) is 0.233. The Morgan fingerprint density at radius 2 is 1.40 bits per heavy atom. The molecule has 1 heterocycles. The molecule has 50 heavy (non-hydrogen) atoms. The molecule has 0 spiro atoms. The number of aliphatic hydroxyl groups excluding tert-OH is 1. The lowest BCUT2D eigenvalue weighted by Gasteiger charge is -2.38. The third-order valence-electron chi connectivity index (χ3n) is 8.76. The first-order valence-corrected chi connectivity index (χ1v) is 17.1. The van der Waals surface area contributed by atoms with E-state index in [9.17, 15) is 9.90 Å². The van der Waals surface area contributed by atoms with Gasteiger partial charge in [0.1, 0.15) is 6.61 Å². The van der Waals surface area contributed by atoms with Gasteiger partial charge in [-0.2, -0.15) is 0 Å². The molecule has 256 valence electrons. The molecular weight excluding hydrogens is 624 g/mol. The van der Waals surface area contributed by atoms with Gasteiger partial charge in [0.05, 0.1) is 18.8 Å². The van der Waals surface area contributed by atoms with Crippen LogP contribution in [0.5, 0.6) is 0 Å². The van der Waals surface area contributed by atoms with Gasteiger partial charge >= 0.3 is 6.09 Å². The number of nitrogens with one attached hydrogen (secondary N) is 1. The van der Waals surface area contributed by atoms with Crippen molar-refractivity contribution < 1.29 is 24.1 Å². The third kappa shape index (κ3) is 9.77. The monoisotopic (exact) mass is 668 g/mol. The van der Waals surface area contributed by atoms with Crippen molar-refractivity contribution in [3.8, 4) is 11.1 Å². The zero-order valence-corrected chi connectivity index (χ0v) is 28.2. The molecule has 0 unspecified atom stereocenters. The summed E-state index contributed by atoms with van der Waals surface area (Å²) in [5.41, 5.74) is 8.35. The van der Waals surface area contributed by atoms with Gasteiger partial charge in [-0.05, 0) is 51.1 Å². The minimum Gasteiger partial charge on any atom is -0.445 e. The summed E-state index contributed by atoms with van der Waals surface area (Å²) in [4.78, 5) is 14.4. The summed E-state index contributed by atoms with van der Waals surface area (Å²) in [5.74, 6) is 0. The molecule has 1 aliphatic rings. The fourth-order valence-electron chi connectivity index (χ4n) is 6.27. The maximum atomic E-state index is 12.0. The van der Waals surface area contributed by atoms with Gasteiger partial charge in [0.2, 0.25) is 0 Å². The first-order chi connectivity index (χ1) is 24.6. The molecule has 1 aliphatic heterocycles. The molecule has 1 amide bonds. The minimum atomic E-state index is -0.587. The van der Waals surface area contributed by atoms with Crippen LogP contribution in [-0.2, 0) is 40.5 Å². The Bertz CT molecular complexity index is 1770. The van der Waals surface area contributed by atoms with Crippen LogP contribution in [0.4, 0.5) is 4.79 Å². The number of carbonyl (C=O) groups excluding carboxylic acids is 1. The van der Waals surface area contributed by atoms with Crippen LogP contribution in [0.25, 0.3) is 11.1 Å². The van der Waals surface area contributed by atoms with Gasteiger partial charge in [-0.25, -0.2) is 4.79 Å². The highest BCUT2D eigenvalue weighted by atomic mass is 16.7. The zero-order chi connectivity index (χ0) is 34.5. The van der Waals surface area contributed by atoms with Crippen molar-refractivity contribution >= 4 is 6.09 Å². The van der Waals surface area contributed by atoms with E-state index in [0.717, 1.165) is 53.0 Å². The van der Waals surface area contributed by atoms with E-state index in [-0.39, 0.29) is 25.4 Å². The molecule has 0 radical (unpaired) electrons. The predicted molar refractivity (Wildman–Crippen MR) is 196 cm³/mol. The van der Waals surface area contributed by atoms with Crippen molar-refractivity contribution in [2.24, 2.45) is 0 Å². The standard InChI is InChI=1S/C43H44N2O5/c1-2-23-48-43(47)44-27-35-15-9-16-37(24-35)38-17-10-18-39(25-38)42-49-40(26-41(50-42)36-21-19-34(31-46)20-22-36)30-45(28-32-11-5-3-6-12-32)29-33-13-7-4-8-14-33/h2-22,24-25,40-42,46H,1,23,26-31H2,(H,44,47)/t40-,41+,42+/m1/s1. The molecule has 1 saturated heterocycles. The van der Waals surface area contributed by atoms with E-state index in [1.54, 1.807) is 0 Å². The van der Waals surface area contributed by atoms with E-state index in [4.69, 9.17) is 14.2 Å². The smallest absolute Gasteiger partial charge is 0.407 e. The maximum Gasteiger partial charge on any atom is 0.407 e. The predicted octanol–water partition coefficient (Wildman–Crippen LogP) is 8.51. The molecule has 7 heteroatoms. The Balaban J connectivity index is 1.24. The van der Waals surface area contributed by atoms with E-state index in [1.165, 1.54) is 17.2 Å². The quantitative estimate of drug-likeness (QED) is 0.116. The summed E-state index contributed by atoms with van der Waals surface area (Å²) >= 11 is 0. The highest BCUT2D eigenvalue weighted by Crippen LogP contribution is 2.39. The van der Waals surface area contributed by atoms with Crippen LogP contribution in [0.2, 0.25) is 0 Å². The molecule has 5 aromatic rings. The number of benzene rings is 5. The number of hydrogen-bond donors (Lipinski definition) is 2. The number of hydrogen-bond acceptors (Lipinski definition) is 6. The Hall–Kier alpha value is -5.05. The number of rotatable bonds is 14. The van der Waals surface area contributed by atoms with Crippen LogP contribution < -0.4 is 5.32 Å². The van der Waals surface area contributed by atoms with Gasteiger partial charge in [0.25, 0.3) is 0 Å². The minimum absolute atomic E-state index is 0.00243. The van der Waals surface area contributed by atoms with Crippen molar-refractivity contribution in [2.75, 3.05) is 13.2 Å². The maximum absolute atomic E-state index is 12.0. The average molecular weight is 669 g/mol. The lowest BCUT2D eigenvalue weighted by molar-refractivity contribution is -0.253. The SMILES string of the molecule is C=CCOC(=O)NCc1cccc(-c2cccc([C@H]3O[C@@H](CN(Cc4ccccc4)Cc4ccccc4)C[C@@H](c4ccc(CO)cc4)O3)c2)c1. The van der Waals surface area contributed by atoms with Gasteiger partial charge in [0.15, 0.2) is 6.29 Å². The Morgan fingerprint density at radius 3 is 2.06 bits per heavy atom. The molecule has 2 N–H and O–H groups in total. The van der Waals surface area contributed by atoms with Crippen LogP contribution >= 0.6 is 0 Å². The molecule has 0 bridgehead atoms. The molecule has 3 atom stereocenters. The highest BCUT2D eigenvalue weighted by Gasteiger charge is 2.33. The van der Waals surface area contributed by atoms with Crippen molar-refractivity contribution in [3.05, 3.63) is 179 Å². The van der Waals surface area contributed by atoms with Gasteiger partial charge in [0, 0.05) is 38.2 Å². The first-order valence-electron chi connectivity index (χ1n) is 17.1. The number of nitrogens with zero attached hydrogens (tertiary/aromatic N) is 1. The van der Waals surface area contributed by atoms with Gasteiger partial charge in [-0.15, -0.1) is 0 Å². The van der Waals surface area contributed by atoms with Gasteiger partial charge < -0.3 is 24.6 Å². The highest BCUT2D eigenvalue weighted by molar-refractivity contribution is 5.68. The lowest BCUT2D eigenvalue weighted by atomic mass is 9.98. The molecule has 1 fully saturated rings.